The average molecular weight is 348 g/mol. The molecule has 1 aromatic carbocycles. The molecular formula is C18H24N2O5. The van der Waals surface area contributed by atoms with Crippen LogP contribution in [0.1, 0.15) is 31.7 Å². The predicted octanol–water partition coefficient (Wildman–Crippen LogP) is 1.86. The van der Waals surface area contributed by atoms with Crippen LogP contribution >= 0.6 is 0 Å². The Labute approximate surface area is 147 Å². The van der Waals surface area contributed by atoms with E-state index in [1.807, 2.05) is 30.3 Å². The number of esters is 1. The van der Waals surface area contributed by atoms with Crippen molar-refractivity contribution in [1.82, 2.24) is 10.2 Å². The summed E-state index contributed by atoms with van der Waals surface area (Å²) >= 11 is 0. The fourth-order valence-corrected chi connectivity index (χ4v) is 2.80. The van der Waals surface area contributed by atoms with Crippen LogP contribution in [0.2, 0.25) is 0 Å². The summed E-state index contributed by atoms with van der Waals surface area (Å²) in [7, 11) is 1.28. The topological polar surface area (TPSA) is 84.9 Å². The van der Waals surface area contributed by atoms with Gasteiger partial charge in [0.15, 0.2) is 0 Å². The summed E-state index contributed by atoms with van der Waals surface area (Å²) in [6, 6.07) is 8.02. The first-order valence-corrected chi connectivity index (χ1v) is 8.42. The summed E-state index contributed by atoms with van der Waals surface area (Å²) in [5.74, 6) is -0.849. The van der Waals surface area contributed by atoms with Gasteiger partial charge in [0.25, 0.3) is 0 Å². The molecule has 0 spiro atoms. The molecule has 2 atom stereocenters. The lowest BCUT2D eigenvalue weighted by Gasteiger charge is -2.25. The zero-order valence-corrected chi connectivity index (χ0v) is 14.6. The molecule has 25 heavy (non-hydrogen) atoms. The summed E-state index contributed by atoms with van der Waals surface area (Å²) in [4.78, 5) is 37.8. The van der Waals surface area contributed by atoms with Crippen LogP contribution in [-0.4, -0.2) is 48.6 Å². The van der Waals surface area contributed by atoms with Crippen molar-refractivity contribution < 1.29 is 23.9 Å². The van der Waals surface area contributed by atoms with Crippen LogP contribution < -0.4 is 5.32 Å². The standard InChI is InChI=1S/C18H24N2O5/c1-3-14(17(22)24-2)19-16(21)15-10-7-11-20(15)18(23)25-12-13-8-5-4-6-9-13/h4-6,8-9,14-15H,3,7,10-12H2,1-2H3,(H,19,21)/t14-,15-/m1/s1. The van der Waals surface area contributed by atoms with Crippen LogP contribution in [0.15, 0.2) is 30.3 Å². The van der Waals surface area contributed by atoms with E-state index in [1.165, 1.54) is 12.0 Å². The van der Waals surface area contributed by atoms with Crippen LogP contribution in [-0.2, 0) is 25.7 Å². The Morgan fingerprint density at radius 2 is 2.00 bits per heavy atom. The highest BCUT2D eigenvalue weighted by Gasteiger charge is 2.36. The molecule has 136 valence electrons. The Kier molecular flexibility index (Phi) is 6.80. The van der Waals surface area contributed by atoms with Crippen molar-refractivity contribution in [1.29, 1.82) is 0 Å². The monoisotopic (exact) mass is 348 g/mol. The Hall–Kier alpha value is -2.57. The van der Waals surface area contributed by atoms with Gasteiger partial charge in [-0.1, -0.05) is 37.3 Å². The Morgan fingerprint density at radius 3 is 2.64 bits per heavy atom. The number of likely N-dealkylation sites (tertiary alicyclic amines) is 1. The van der Waals surface area contributed by atoms with Gasteiger partial charge in [-0.2, -0.15) is 0 Å². The number of ether oxygens (including phenoxy) is 2. The number of hydrogen-bond acceptors (Lipinski definition) is 5. The number of nitrogens with zero attached hydrogens (tertiary/aromatic N) is 1. The Bertz CT molecular complexity index is 605. The number of carbonyl (C=O) groups excluding carboxylic acids is 3. The lowest BCUT2D eigenvalue weighted by Crippen LogP contribution is -2.51. The van der Waals surface area contributed by atoms with Gasteiger partial charge in [-0.05, 0) is 24.8 Å². The van der Waals surface area contributed by atoms with Crippen LogP contribution in [0.25, 0.3) is 0 Å². The molecule has 0 aromatic heterocycles. The molecule has 1 N–H and O–H groups in total. The number of methoxy groups -OCH3 is 1. The lowest BCUT2D eigenvalue weighted by atomic mass is 10.1. The molecule has 7 nitrogen and oxygen atoms in total. The van der Waals surface area contributed by atoms with E-state index in [0.717, 1.165) is 5.56 Å². The highest BCUT2D eigenvalue weighted by molar-refractivity contribution is 5.90. The molecule has 2 rings (SSSR count). The second-order valence-electron chi connectivity index (χ2n) is 5.88. The third-order valence-electron chi connectivity index (χ3n) is 4.21. The van der Waals surface area contributed by atoms with Crippen molar-refractivity contribution in [2.75, 3.05) is 13.7 Å². The summed E-state index contributed by atoms with van der Waals surface area (Å²) in [5, 5.41) is 2.66. The van der Waals surface area contributed by atoms with E-state index in [0.29, 0.717) is 25.8 Å². The van der Waals surface area contributed by atoms with E-state index in [4.69, 9.17) is 4.74 Å². The quantitative estimate of drug-likeness (QED) is 0.793. The maximum Gasteiger partial charge on any atom is 0.410 e. The zero-order valence-electron chi connectivity index (χ0n) is 14.6. The van der Waals surface area contributed by atoms with Gasteiger partial charge < -0.3 is 14.8 Å². The minimum Gasteiger partial charge on any atom is -0.467 e. The van der Waals surface area contributed by atoms with Gasteiger partial charge in [0.05, 0.1) is 7.11 Å². The molecule has 1 aromatic rings. The van der Waals surface area contributed by atoms with Crippen molar-refractivity contribution in [2.45, 2.75) is 44.9 Å². The molecular weight excluding hydrogens is 324 g/mol. The number of benzene rings is 1. The third kappa shape index (κ3) is 4.95. The van der Waals surface area contributed by atoms with Gasteiger partial charge in [-0.25, -0.2) is 9.59 Å². The SMILES string of the molecule is CC[C@@H](NC(=O)[C@H]1CCCN1C(=O)OCc1ccccc1)C(=O)OC. The van der Waals surface area contributed by atoms with Crippen molar-refractivity contribution in [3.05, 3.63) is 35.9 Å². The number of carbonyl (C=O) groups is 3. The Morgan fingerprint density at radius 1 is 1.28 bits per heavy atom. The second-order valence-corrected chi connectivity index (χ2v) is 5.88. The highest BCUT2D eigenvalue weighted by Crippen LogP contribution is 2.19. The second kappa shape index (κ2) is 9.05. The molecule has 7 heteroatoms. The summed E-state index contributed by atoms with van der Waals surface area (Å²) in [6.07, 6.45) is 1.16. The Balaban J connectivity index is 1.93. The van der Waals surface area contributed by atoms with E-state index in [-0.39, 0.29) is 12.5 Å². The first kappa shape index (κ1) is 18.8. The van der Waals surface area contributed by atoms with Crippen molar-refractivity contribution in [3.63, 3.8) is 0 Å². The van der Waals surface area contributed by atoms with Crippen LogP contribution in [0, 0.1) is 0 Å². The van der Waals surface area contributed by atoms with Gasteiger partial charge in [-0.15, -0.1) is 0 Å². The molecule has 0 saturated carbocycles. The number of hydrogen-bond donors (Lipinski definition) is 1. The van der Waals surface area contributed by atoms with Gasteiger partial charge >= 0.3 is 12.1 Å². The van der Waals surface area contributed by atoms with Crippen molar-refractivity contribution in [3.8, 4) is 0 Å². The fourth-order valence-electron chi connectivity index (χ4n) is 2.80. The summed E-state index contributed by atoms with van der Waals surface area (Å²) in [6.45, 7) is 2.40. The molecule has 1 aliphatic rings. The minimum atomic E-state index is -0.708. The smallest absolute Gasteiger partial charge is 0.410 e. The van der Waals surface area contributed by atoms with Crippen molar-refractivity contribution >= 4 is 18.0 Å². The normalized spacial score (nSPS) is 17.7. The van der Waals surface area contributed by atoms with Crippen LogP contribution in [0.3, 0.4) is 0 Å². The first-order valence-electron chi connectivity index (χ1n) is 8.42. The van der Waals surface area contributed by atoms with E-state index in [1.54, 1.807) is 6.92 Å². The van der Waals surface area contributed by atoms with E-state index < -0.39 is 24.1 Å². The van der Waals surface area contributed by atoms with Gasteiger partial charge in [0, 0.05) is 6.54 Å². The number of amides is 2. The predicted molar refractivity (Wildman–Crippen MR) is 90.6 cm³/mol. The molecule has 0 aliphatic carbocycles. The van der Waals surface area contributed by atoms with E-state index in [9.17, 15) is 14.4 Å². The largest absolute Gasteiger partial charge is 0.467 e. The summed E-state index contributed by atoms with van der Waals surface area (Å²) < 4.78 is 9.98. The van der Waals surface area contributed by atoms with Crippen LogP contribution in [0.4, 0.5) is 4.79 Å². The fraction of sp³-hybridized carbons (Fsp3) is 0.500. The van der Waals surface area contributed by atoms with Gasteiger partial charge in [0.1, 0.15) is 18.7 Å². The first-order chi connectivity index (χ1) is 12.1. The molecule has 0 bridgehead atoms. The van der Waals surface area contributed by atoms with E-state index >= 15 is 0 Å². The zero-order chi connectivity index (χ0) is 18.2. The maximum atomic E-state index is 12.5. The summed E-state index contributed by atoms with van der Waals surface area (Å²) in [5.41, 5.74) is 0.882. The molecule has 2 amide bonds. The molecule has 1 fully saturated rings. The third-order valence-corrected chi connectivity index (χ3v) is 4.21. The van der Waals surface area contributed by atoms with Crippen LogP contribution in [0.5, 0.6) is 0 Å². The van der Waals surface area contributed by atoms with Crippen molar-refractivity contribution in [2.24, 2.45) is 0 Å². The molecule has 1 saturated heterocycles. The van der Waals surface area contributed by atoms with Gasteiger partial charge in [-0.3, -0.25) is 9.69 Å². The maximum absolute atomic E-state index is 12.5. The molecule has 0 radical (unpaired) electrons. The molecule has 1 aliphatic heterocycles. The van der Waals surface area contributed by atoms with Gasteiger partial charge in [0.2, 0.25) is 5.91 Å². The highest BCUT2D eigenvalue weighted by atomic mass is 16.6. The lowest BCUT2D eigenvalue weighted by molar-refractivity contribution is -0.145. The number of nitrogens with one attached hydrogen (secondary N) is 1. The van der Waals surface area contributed by atoms with E-state index in [2.05, 4.69) is 10.1 Å². The molecule has 0 unspecified atom stereocenters. The molecule has 1 heterocycles. The average Bonchev–Trinajstić information content (AvgIpc) is 3.14. The minimum absolute atomic E-state index is 0.157. The number of rotatable bonds is 6.